The first-order chi connectivity index (χ1) is 21.8. The number of rotatable bonds is 7. The first-order valence-electron chi connectivity index (χ1n) is 15.2. The molecule has 0 unspecified atom stereocenters. The van der Waals surface area contributed by atoms with E-state index in [4.69, 9.17) is 22.4 Å². The number of H-pyrrole nitrogens is 1. The highest BCUT2D eigenvalue weighted by Crippen LogP contribution is 2.37. The third-order valence-electron chi connectivity index (χ3n) is 8.71. The van der Waals surface area contributed by atoms with Gasteiger partial charge < -0.3 is 10.7 Å². The molecule has 0 saturated heterocycles. The van der Waals surface area contributed by atoms with Gasteiger partial charge in [-0.05, 0) is 65.9 Å². The minimum atomic E-state index is -0.507. The number of fused-ring (bicyclic) bond motifs is 2. The SMILES string of the molecule is CCc1cccc(CC)c1-n1nc2c(c1-c1ccc3[nH]cc(Cl)c3c1)CN(Cc1cc(F)ccc1-n1ccc(N)nc1=O)CC2. The number of halogens is 2. The van der Waals surface area contributed by atoms with Crippen molar-refractivity contribution in [3.63, 3.8) is 0 Å². The van der Waals surface area contributed by atoms with Gasteiger partial charge in [-0.15, -0.1) is 0 Å². The fourth-order valence-corrected chi connectivity index (χ4v) is 6.71. The monoisotopic (exact) mass is 621 g/mol. The van der Waals surface area contributed by atoms with Crippen LogP contribution >= 0.6 is 11.6 Å². The van der Waals surface area contributed by atoms with Gasteiger partial charge in [0.25, 0.3) is 0 Å². The molecule has 1 aliphatic heterocycles. The van der Waals surface area contributed by atoms with E-state index < -0.39 is 5.69 Å². The quantitative estimate of drug-likeness (QED) is 0.209. The van der Waals surface area contributed by atoms with Crippen LogP contribution in [0.5, 0.6) is 0 Å². The molecule has 0 fully saturated rings. The summed E-state index contributed by atoms with van der Waals surface area (Å²) in [5.74, 6) is -0.223. The predicted octanol–water partition coefficient (Wildman–Crippen LogP) is 6.62. The number of benzene rings is 3. The largest absolute Gasteiger partial charge is 0.383 e. The first-order valence-corrected chi connectivity index (χ1v) is 15.6. The summed E-state index contributed by atoms with van der Waals surface area (Å²) in [7, 11) is 0. The topological polar surface area (TPSA) is 97.8 Å². The van der Waals surface area contributed by atoms with E-state index in [1.165, 1.54) is 27.8 Å². The number of nitrogens with zero attached hydrogens (tertiary/aromatic N) is 5. The molecule has 3 aromatic carbocycles. The summed E-state index contributed by atoms with van der Waals surface area (Å²) in [5, 5.41) is 6.89. The summed E-state index contributed by atoms with van der Waals surface area (Å²) in [6.07, 6.45) is 5.88. The Morgan fingerprint density at radius 2 is 1.82 bits per heavy atom. The molecule has 4 heterocycles. The second-order valence-corrected chi connectivity index (χ2v) is 11.9. The van der Waals surface area contributed by atoms with Gasteiger partial charge in [-0.2, -0.15) is 10.1 Å². The summed E-state index contributed by atoms with van der Waals surface area (Å²) in [6, 6.07) is 18.8. The molecule has 0 spiro atoms. The molecule has 0 atom stereocenters. The maximum Gasteiger partial charge on any atom is 0.354 e. The van der Waals surface area contributed by atoms with Gasteiger partial charge in [0.05, 0.1) is 27.8 Å². The second-order valence-electron chi connectivity index (χ2n) is 11.5. The van der Waals surface area contributed by atoms with Crippen molar-refractivity contribution in [2.75, 3.05) is 12.3 Å². The van der Waals surface area contributed by atoms with Crippen LogP contribution in [-0.2, 0) is 32.4 Å². The molecule has 7 rings (SSSR count). The van der Waals surface area contributed by atoms with Gasteiger partial charge in [0.2, 0.25) is 0 Å². The maximum atomic E-state index is 14.6. The number of aromatic amines is 1. The fraction of sp³-hybridized carbons (Fsp3) is 0.229. The normalized spacial score (nSPS) is 13.4. The van der Waals surface area contributed by atoms with Crippen molar-refractivity contribution in [1.29, 1.82) is 0 Å². The molecule has 6 aromatic rings. The second kappa shape index (κ2) is 11.6. The standard InChI is InChI=1S/C35H33ClFN7O/c1-3-21-6-5-7-22(4-2)33(21)44-34(23-8-10-29-26(17-23)28(36)18-39-29)27-20-42(14-12-30(27)41-44)19-24-16-25(37)9-11-31(24)43-15-13-32(38)40-35(43)45/h5-11,13,15-18,39H,3-4,12,14,19-20H2,1-2H3,(H2,38,40,45). The van der Waals surface area contributed by atoms with Crippen LogP contribution in [0, 0.1) is 5.82 Å². The van der Waals surface area contributed by atoms with Crippen LogP contribution in [0.3, 0.4) is 0 Å². The highest BCUT2D eigenvalue weighted by atomic mass is 35.5. The van der Waals surface area contributed by atoms with E-state index in [1.807, 2.05) is 6.20 Å². The van der Waals surface area contributed by atoms with Gasteiger partial charge >= 0.3 is 5.69 Å². The van der Waals surface area contributed by atoms with Crippen molar-refractivity contribution < 1.29 is 4.39 Å². The van der Waals surface area contributed by atoms with E-state index in [0.717, 1.165) is 64.9 Å². The van der Waals surface area contributed by atoms with Gasteiger partial charge in [-0.1, -0.05) is 49.7 Å². The Morgan fingerprint density at radius 1 is 1.02 bits per heavy atom. The zero-order chi connectivity index (χ0) is 31.2. The Morgan fingerprint density at radius 3 is 2.58 bits per heavy atom. The number of hydrogen-bond donors (Lipinski definition) is 2. The van der Waals surface area contributed by atoms with Crippen molar-refractivity contribution in [2.24, 2.45) is 0 Å². The van der Waals surface area contributed by atoms with E-state index in [1.54, 1.807) is 18.3 Å². The number of aryl methyl sites for hydroxylation is 2. The maximum absolute atomic E-state index is 14.6. The lowest BCUT2D eigenvalue weighted by molar-refractivity contribution is 0.244. The Balaban J connectivity index is 1.35. The van der Waals surface area contributed by atoms with Crippen LogP contribution in [0.15, 0.2) is 77.9 Å². The molecular weight excluding hydrogens is 589 g/mol. The van der Waals surface area contributed by atoms with E-state index in [2.05, 4.69) is 69.8 Å². The molecule has 0 radical (unpaired) electrons. The predicted molar refractivity (Wildman–Crippen MR) is 177 cm³/mol. The number of nitrogens with two attached hydrogens (primary N) is 1. The molecular formula is C35H33ClFN7O. The van der Waals surface area contributed by atoms with Gasteiger partial charge in [0.1, 0.15) is 11.6 Å². The Labute approximate surface area is 264 Å². The van der Waals surface area contributed by atoms with Gasteiger partial charge in [0.15, 0.2) is 0 Å². The highest BCUT2D eigenvalue weighted by molar-refractivity contribution is 6.35. The minimum absolute atomic E-state index is 0.142. The average Bonchev–Trinajstić information content (AvgIpc) is 3.60. The zero-order valence-electron chi connectivity index (χ0n) is 25.1. The van der Waals surface area contributed by atoms with Gasteiger partial charge in [-0.3, -0.25) is 9.47 Å². The number of aromatic nitrogens is 5. The summed E-state index contributed by atoms with van der Waals surface area (Å²) in [5.41, 5.74) is 15.3. The fourth-order valence-electron chi connectivity index (χ4n) is 6.50. The third-order valence-corrected chi connectivity index (χ3v) is 9.03. The van der Waals surface area contributed by atoms with E-state index in [-0.39, 0.29) is 11.6 Å². The minimum Gasteiger partial charge on any atom is -0.383 e. The van der Waals surface area contributed by atoms with E-state index in [0.29, 0.717) is 29.4 Å². The van der Waals surface area contributed by atoms with Crippen LogP contribution in [0.25, 0.3) is 33.5 Å². The Kier molecular flexibility index (Phi) is 7.51. The van der Waals surface area contributed by atoms with Gasteiger partial charge in [-0.25, -0.2) is 13.9 Å². The molecule has 0 amide bonds. The molecule has 3 N–H and O–H groups in total. The number of nitrogen functional groups attached to an aromatic ring is 1. The Bertz CT molecular complexity index is 2110. The highest BCUT2D eigenvalue weighted by Gasteiger charge is 2.28. The molecule has 0 aliphatic carbocycles. The molecule has 45 heavy (non-hydrogen) atoms. The molecule has 228 valence electrons. The summed E-state index contributed by atoms with van der Waals surface area (Å²) < 4.78 is 18.2. The van der Waals surface area contributed by atoms with Crippen molar-refractivity contribution in [3.8, 4) is 22.6 Å². The Hall–Kier alpha value is -4.73. The van der Waals surface area contributed by atoms with Crippen LogP contribution in [0.1, 0.15) is 41.8 Å². The third kappa shape index (κ3) is 5.22. The molecule has 0 saturated carbocycles. The summed E-state index contributed by atoms with van der Waals surface area (Å²) in [6.45, 7) is 6.11. The number of anilines is 1. The van der Waals surface area contributed by atoms with E-state index >= 15 is 0 Å². The van der Waals surface area contributed by atoms with Crippen LogP contribution < -0.4 is 11.4 Å². The van der Waals surface area contributed by atoms with Crippen molar-refractivity contribution in [1.82, 2.24) is 29.2 Å². The van der Waals surface area contributed by atoms with Crippen LogP contribution in [0.2, 0.25) is 5.02 Å². The first kappa shape index (κ1) is 29.0. The summed E-state index contributed by atoms with van der Waals surface area (Å²) in [4.78, 5) is 22.1. The van der Waals surface area contributed by atoms with E-state index in [9.17, 15) is 9.18 Å². The molecule has 1 aliphatic rings. The van der Waals surface area contributed by atoms with Crippen molar-refractivity contribution in [2.45, 2.75) is 46.2 Å². The smallest absolute Gasteiger partial charge is 0.354 e. The lowest BCUT2D eigenvalue weighted by atomic mass is 9.98. The number of nitrogens with one attached hydrogen (secondary N) is 1. The number of hydrogen-bond acceptors (Lipinski definition) is 5. The number of para-hydroxylation sites is 1. The molecule has 3 aromatic heterocycles. The van der Waals surface area contributed by atoms with Crippen LogP contribution in [-0.4, -0.2) is 35.8 Å². The zero-order valence-corrected chi connectivity index (χ0v) is 25.9. The van der Waals surface area contributed by atoms with Gasteiger partial charge in [0, 0.05) is 60.5 Å². The lowest BCUT2D eigenvalue weighted by Crippen LogP contribution is -2.31. The summed E-state index contributed by atoms with van der Waals surface area (Å²) >= 11 is 6.58. The van der Waals surface area contributed by atoms with Crippen LogP contribution in [0.4, 0.5) is 10.2 Å². The average molecular weight is 622 g/mol. The lowest BCUT2D eigenvalue weighted by Gasteiger charge is -2.28. The molecule has 10 heteroatoms. The van der Waals surface area contributed by atoms with Crippen molar-refractivity contribution >= 4 is 28.3 Å². The molecule has 8 nitrogen and oxygen atoms in total. The molecule has 0 bridgehead atoms. The van der Waals surface area contributed by atoms with Crippen molar-refractivity contribution in [3.05, 3.63) is 122 Å².